The van der Waals surface area contributed by atoms with Crippen molar-refractivity contribution >= 4 is 23.4 Å². The number of fused-ring (bicyclic) bond motifs is 1. The van der Waals surface area contributed by atoms with Crippen LogP contribution in [-0.4, -0.2) is 42.2 Å². The maximum Gasteiger partial charge on any atom is 0.223 e. The van der Waals surface area contributed by atoms with Crippen molar-refractivity contribution in [1.29, 1.82) is 0 Å². The Morgan fingerprint density at radius 1 is 1.40 bits per heavy atom. The van der Waals surface area contributed by atoms with Crippen LogP contribution in [0.2, 0.25) is 5.15 Å². The monoisotopic (exact) mass is 362 g/mol. The predicted octanol–water partition coefficient (Wildman–Crippen LogP) is 2.06. The number of methoxy groups -OCH3 is 1. The van der Waals surface area contributed by atoms with Gasteiger partial charge in [0.25, 0.3) is 0 Å². The third-order valence-corrected chi connectivity index (χ3v) is 4.87. The molecule has 1 atom stereocenters. The highest BCUT2D eigenvalue weighted by Crippen LogP contribution is 2.40. The fourth-order valence-corrected chi connectivity index (χ4v) is 3.77. The molecule has 0 aliphatic carbocycles. The standard InChI is InChI=1S/C17H23ClN6O/c1-9-5-21-12(10(2)14(9)25-4)8-24-7-11(6-20-3)13-15(18)22-17(19)23-16(13)24/h5,11,20H,6-8H2,1-4H3,(H2,19,22,23). The van der Waals surface area contributed by atoms with E-state index in [1.54, 1.807) is 7.11 Å². The molecule has 1 aliphatic heterocycles. The zero-order valence-corrected chi connectivity index (χ0v) is 15.7. The molecule has 0 amide bonds. The first kappa shape index (κ1) is 17.7. The second-order valence-corrected chi connectivity index (χ2v) is 6.65. The Balaban J connectivity index is 1.98. The number of nitrogen functional groups attached to an aromatic ring is 1. The van der Waals surface area contributed by atoms with E-state index in [1.807, 2.05) is 27.1 Å². The molecule has 0 bridgehead atoms. The second kappa shape index (κ2) is 7.01. The maximum absolute atomic E-state index is 6.35. The first-order valence-corrected chi connectivity index (χ1v) is 8.55. The molecule has 0 spiro atoms. The highest BCUT2D eigenvalue weighted by atomic mass is 35.5. The molecule has 7 nitrogen and oxygen atoms in total. The molecule has 0 radical (unpaired) electrons. The summed E-state index contributed by atoms with van der Waals surface area (Å²) in [5.74, 6) is 2.06. The number of rotatable bonds is 5. The fraction of sp³-hybridized carbons (Fsp3) is 0.471. The SMILES string of the molecule is CNCC1CN(Cc2ncc(C)c(OC)c2C)c2nc(N)nc(Cl)c21. The summed E-state index contributed by atoms with van der Waals surface area (Å²) in [4.78, 5) is 15.3. The summed E-state index contributed by atoms with van der Waals surface area (Å²) in [6.45, 7) is 6.20. The zero-order chi connectivity index (χ0) is 18.1. The first-order chi connectivity index (χ1) is 12.0. The number of pyridine rings is 1. The van der Waals surface area contributed by atoms with Crippen LogP contribution in [-0.2, 0) is 6.54 Å². The largest absolute Gasteiger partial charge is 0.496 e. The normalized spacial score (nSPS) is 16.2. The van der Waals surface area contributed by atoms with Gasteiger partial charge in [0.05, 0.1) is 19.3 Å². The Kier molecular flexibility index (Phi) is 4.96. The van der Waals surface area contributed by atoms with Crippen LogP contribution in [0.1, 0.15) is 28.3 Å². The van der Waals surface area contributed by atoms with Crippen molar-refractivity contribution in [2.24, 2.45) is 0 Å². The highest BCUT2D eigenvalue weighted by molar-refractivity contribution is 6.30. The van der Waals surface area contributed by atoms with Crippen LogP contribution < -0.4 is 20.7 Å². The number of hydrogen-bond acceptors (Lipinski definition) is 7. The van der Waals surface area contributed by atoms with E-state index in [9.17, 15) is 0 Å². The van der Waals surface area contributed by atoms with E-state index in [0.717, 1.165) is 47.0 Å². The Bertz CT molecular complexity index is 797. The van der Waals surface area contributed by atoms with Crippen molar-refractivity contribution < 1.29 is 4.74 Å². The number of nitrogens with two attached hydrogens (primary N) is 1. The van der Waals surface area contributed by atoms with Gasteiger partial charge in [0.15, 0.2) is 0 Å². The number of ether oxygens (including phenoxy) is 1. The summed E-state index contributed by atoms with van der Waals surface area (Å²) in [6, 6.07) is 0. The minimum absolute atomic E-state index is 0.185. The molecule has 0 saturated heterocycles. The minimum atomic E-state index is 0.185. The van der Waals surface area contributed by atoms with Crippen molar-refractivity contribution in [3.8, 4) is 5.75 Å². The molecular weight excluding hydrogens is 340 g/mol. The third kappa shape index (κ3) is 3.21. The van der Waals surface area contributed by atoms with Crippen molar-refractivity contribution in [3.63, 3.8) is 0 Å². The molecule has 3 rings (SSSR count). The average Bonchev–Trinajstić information content (AvgIpc) is 2.89. The van der Waals surface area contributed by atoms with E-state index in [4.69, 9.17) is 22.1 Å². The summed E-state index contributed by atoms with van der Waals surface area (Å²) in [7, 11) is 3.60. The summed E-state index contributed by atoms with van der Waals surface area (Å²) in [6.07, 6.45) is 1.84. The number of aryl methyl sites for hydroxylation is 1. The number of hydrogen-bond donors (Lipinski definition) is 2. The second-order valence-electron chi connectivity index (χ2n) is 6.29. The van der Waals surface area contributed by atoms with E-state index in [-0.39, 0.29) is 11.9 Å². The molecule has 0 saturated carbocycles. The summed E-state index contributed by atoms with van der Waals surface area (Å²) < 4.78 is 5.51. The van der Waals surface area contributed by atoms with E-state index in [1.165, 1.54) is 0 Å². The highest BCUT2D eigenvalue weighted by Gasteiger charge is 2.33. The van der Waals surface area contributed by atoms with Gasteiger partial charge in [-0.15, -0.1) is 0 Å². The van der Waals surface area contributed by atoms with Crippen LogP contribution in [0.25, 0.3) is 0 Å². The van der Waals surface area contributed by atoms with E-state index < -0.39 is 0 Å². The van der Waals surface area contributed by atoms with E-state index in [0.29, 0.717) is 11.7 Å². The Morgan fingerprint density at radius 2 is 2.16 bits per heavy atom. The molecule has 3 N–H and O–H groups in total. The molecule has 8 heteroatoms. The lowest BCUT2D eigenvalue weighted by atomic mass is 10.1. The van der Waals surface area contributed by atoms with Crippen molar-refractivity contribution in [3.05, 3.63) is 33.7 Å². The zero-order valence-electron chi connectivity index (χ0n) is 14.9. The van der Waals surface area contributed by atoms with Gasteiger partial charge in [-0.05, 0) is 20.9 Å². The van der Waals surface area contributed by atoms with Gasteiger partial charge in [-0.25, -0.2) is 4.98 Å². The molecule has 134 valence electrons. The van der Waals surface area contributed by atoms with Gasteiger partial charge >= 0.3 is 0 Å². The minimum Gasteiger partial charge on any atom is -0.496 e. The molecule has 25 heavy (non-hydrogen) atoms. The average molecular weight is 363 g/mol. The molecule has 2 aromatic rings. The summed E-state index contributed by atoms with van der Waals surface area (Å²) in [5, 5.41) is 3.63. The van der Waals surface area contributed by atoms with Gasteiger partial charge in [-0.3, -0.25) is 4.98 Å². The lowest BCUT2D eigenvalue weighted by Crippen LogP contribution is -2.26. The molecule has 0 fully saturated rings. The summed E-state index contributed by atoms with van der Waals surface area (Å²) >= 11 is 6.35. The molecule has 1 unspecified atom stereocenters. The Hall–Kier alpha value is -2.12. The number of aromatic nitrogens is 3. The third-order valence-electron chi connectivity index (χ3n) is 4.59. The number of likely N-dealkylation sites (N-methyl/N-ethyl adjacent to an activating group) is 1. The maximum atomic E-state index is 6.35. The quantitative estimate of drug-likeness (QED) is 0.787. The molecule has 3 heterocycles. The van der Waals surface area contributed by atoms with Crippen molar-refractivity contribution in [1.82, 2.24) is 20.3 Å². The van der Waals surface area contributed by atoms with Crippen LogP contribution in [0.3, 0.4) is 0 Å². The van der Waals surface area contributed by atoms with Gasteiger partial charge in [0.2, 0.25) is 5.95 Å². The van der Waals surface area contributed by atoms with Crippen molar-refractivity contribution in [2.75, 3.05) is 37.9 Å². The Labute approximate surface area is 152 Å². The van der Waals surface area contributed by atoms with Crippen LogP contribution in [0.15, 0.2) is 6.20 Å². The topological polar surface area (TPSA) is 89.2 Å². The smallest absolute Gasteiger partial charge is 0.223 e. The van der Waals surface area contributed by atoms with Crippen LogP contribution in [0, 0.1) is 13.8 Å². The van der Waals surface area contributed by atoms with Gasteiger partial charge in [0, 0.05) is 41.9 Å². The summed E-state index contributed by atoms with van der Waals surface area (Å²) in [5.41, 5.74) is 9.77. The molecule has 0 aromatic carbocycles. The Morgan fingerprint density at radius 3 is 2.84 bits per heavy atom. The molecule has 2 aromatic heterocycles. The molecule has 1 aliphatic rings. The van der Waals surface area contributed by atoms with E-state index in [2.05, 4.69) is 25.2 Å². The van der Waals surface area contributed by atoms with E-state index >= 15 is 0 Å². The van der Waals surface area contributed by atoms with Crippen LogP contribution in [0.5, 0.6) is 5.75 Å². The number of nitrogens with one attached hydrogen (secondary N) is 1. The number of halogens is 1. The van der Waals surface area contributed by atoms with Crippen LogP contribution >= 0.6 is 11.6 Å². The number of nitrogens with zero attached hydrogens (tertiary/aromatic N) is 4. The van der Waals surface area contributed by atoms with Crippen LogP contribution in [0.4, 0.5) is 11.8 Å². The lowest BCUT2D eigenvalue weighted by molar-refractivity contribution is 0.406. The number of anilines is 2. The van der Waals surface area contributed by atoms with Gasteiger partial charge in [-0.2, -0.15) is 4.98 Å². The predicted molar refractivity (Wildman–Crippen MR) is 99.4 cm³/mol. The fourth-order valence-electron chi connectivity index (χ4n) is 3.45. The van der Waals surface area contributed by atoms with Gasteiger partial charge < -0.3 is 20.7 Å². The molecular formula is C17H23ClN6O. The van der Waals surface area contributed by atoms with Gasteiger partial charge in [0.1, 0.15) is 16.7 Å². The van der Waals surface area contributed by atoms with Gasteiger partial charge in [-0.1, -0.05) is 11.6 Å². The first-order valence-electron chi connectivity index (χ1n) is 8.17. The van der Waals surface area contributed by atoms with Crippen molar-refractivity contribution in [2.45, 2.75) is 26.3 Å². The lowest BCUT2D eigenvalue weighted by Gasteiger charge is -2.21.